The van der Waals surface area contributed by atoms with E-state index in [-0.39, 0.29) is 5.41 Å². The van der Waals surface area contributed by atoms with Crippen LogP contribution < -0.4 is 4.90 Å². The van der Waals surface area contributed by atoms with Crippen LogP contribution in [0.5, 0.6) is 0 Å². The molecule has 5 heteroatoms. The third-order valence-corrected chi connectivity index (χ3v) is 3.32. The molecule has 0 aromatic carbocycles. The number of hydrogen-bond acceptors (Lipinski definition) is 4. The molecule has 1 rings (SSSR count). The molecule has 0 spiro atoms. The summed E-state index contributed by atoms with van der Waals surface area (Å²) >= 11 is 0. The molecule has 1 heterocycles. The number of carbonyl (C=O) groups is 1. The number of carboxylic acid groups (broad SMARTS) is 1. The van der Waals surface area contributed by atoms with Gasteiger partial charge in [-0.25, -0.2) is 9.78 Å². The summed E-state index contributed by atoms with van der Waals surface area (Å²) in [6.07, 6.45) is 1.01. The number of anilines is 1. The van der Waals surface area contributed by atoms with Crippen molar-refractivity contribution in [1.29, 1.82) is 0 Å². The number of pyridine rings is 1. The van der Waals surface area contributed by atoms with Gasteiger partial charge in [-0.1, -0.05) is 20.8 Å². The van der Waals surface area contributed by atoms with Crippen molar-refractivity contribution in [2.75, 3.05) is 39.1 Å². The molecule has 1 aromatic heterocycles. The van der Waals surface area contributed by atoms with Gasteiger partial charge in [-0.2, -0.15) is 0 Å². The van der Waals surface area contributed by atoms with Crippen LogP contribution in [0.25, 0.3) is 0 Å². The molecule has 118 valence electrons. The van der Waals surface area contributed by atoms with Crippen LogP contribution in [0.2, 0.25) is 0 Å². The van der Waals surface area contributed by atoms with Crippen LogP contribution >= 0.6 is 0 Å². The fourth-order valence-corrected chi connectivity index (χ4v) is 1.96. The Kier molecular flexibility index (Phi) is 5.72. The SMILES string of the molecule is CN(C)CCCN(C)c1cc(C(=O)O)cc(C(C)(C)C)n1. The molecule has 0 saturated carbocycles. The molecule has 0 unspecified atom stereocenters. The topological polar surface area (TPSA) is 56.7 Å². The molecule has 5 nitrogen and oxygen atoms in total. The highest BCUT2D eigenvalue weighted by atomic mass is 16.4. The molecule has 21 heavy (non-hydrogen) atoms. The van der Waals surface area contributed by atoms with Crippen molar-refractivity contribution in [3.8, 4) is 0 Å². The summed E-state index contributed by atoms with van der Waals surface area (Å²) in [7, 11) is 6.04. The van der Waals surface area contributed by atoms with E-state index in [1.54, 1.807) is 12.1 Å². The molecule has 0 amide bonds. The van der Waals surface area contributed by atoms with Gasteiger partial charge in [0.15, 0.2) is 0 Å². The maximum absolute atomic E-state index is 11.3. The minimum Gasteiger partial charge on any atom is -0.478 e. The molecule has 0 aliphatic heterocycles. The Bertz CT molecular complexity index is 493. The van der Waals surface area contributed by atoms with Crippen LogP contribution in [-0.2, 0) is 5.41 Å². The summed E-state index contributed by atoms with van der Waals surface area (Å²) in [6.45, 7) is 7.96. The van der Waals surface area contributed by atoms with Gasteiger partial charge in [0.25, 0.3) is 0 Å². The lowest BCUT2D eigenvalue weighted by Gasteiger charge is -2.24. The molecule has 0 aliphatic carbocycles. The number of aromatic carboxylic acids is 1. The van der Waals surface area contributed by atoms with Crippen molar-refractivity contribution in [2.45, 2.75) is 32.6 Å². The number of rotatable bonds is 6. The summed E-state index contributed by atoms with van der Waals surface area (Å²) in [5.74, 6) is -0.190. The molecular weight excluding hydrogens is 266 g/mol. The van der Waals surface area contributed by atoms with E-state index in [1.165, 1.54) is 0 Å². The Morgan fingerprint density at radius 2 is 1.81 bits per heavy atom. The minimum absolute atomic E-state index is 0.176. The van der Waals surface area contributed by atoms with Gasteiger partial charge in [0.1, 0.15) is 5.82 Å². The van der Waals surface area contributed by atoms with Crippen LogP contribution in [0.15, 0.2) is 12.1 Å². The normalized spacial score (nSPS) is 11.8. The van der Waals surface area contributed by atoms with Gasteiger partial charge in [0, 0.05) is 24.7 Å². The van der Waals surface area contributed by atoms with E-state index < -0.39 is 5.97 Å². The number of nitrogens with zero attached hydrogens (tertiary/aromatic N) is 3. The number of hydrogen-bond donors (Lipinski definition) is 1. The molecule has 1 N–H and O–H groups in total. The van der Waals surface area contributed by atoms with Crippen molar-refractivity contribution >= 4 is 11.8 Å². The fraction of sp³-hybridized carbons (Fsp3) is 0.625. The van der Waals surface area contributed by atoms with E-state index in [9.17, 15) is 9.90 Å². The van der Waals surface area contributed by atoms with Gasteiger partial charge in [-0.05, 0) is 39.2 Å². The first-order chi connectivity index (χ1) is 9.61. The summed E-state index contributed by atoms with van der Waals surface area (Å²) < 4.78 is 0. The van der Waals surface area contributed by atoms with Crippen LogP contribution in [0.3, 0.4) is 0 Å². The van der Waals surface area contributed by atoms with Gasteiger partial charge in [0.05, 0.1) is 5.56 Å². The molecular formula is C16H27N3O2. The van der Waals surface area contributed by atoms with Gasteiger partial charge in [-0.3, -0.25) is 0 Å². The van der Waals surface area contributed by atoms with Crippen molar-refractivity contribution in [3.63, 3.8) is 0 Å². The Labute approximate surface area is 127 Å². The summed E-state index contributed by atoms with van der Waals surface area (Å²) in [6, 6.07) is 3.31. The predicted molar refractivity (Wildman–Crippen MR) is 86.3 cm³/mol. The quantitative estimate of drug-likeness (QED) is 0.873. The van der Waals surface area contributed by atoms with Crippen LogP contribution in [0.1, 0.15) is 43.2 Å². The van der Waals surface area contributed by atoms with Crippen LogP contribution in [0, 0.1) is 0 Å². The zero-order valence-electron chi connectivity index (χ0n) is 14.0. The van der Waals surface area contributed by atoms with Crippen LogP contribution in [-0.4, -0.2) is 55.2 Å². The molecule has 0 bridgehead atoms. The second-order valence-electron chi connectivity index (χ2n) is 6.73. The lowest BCUT2D eigenvalue weighted by molar-refractivity contribution is 0.0696. The number of carboxylic acids is 1. The molecule has 0 radical (unpaired) electrons. The Balaban J connectivity index is 3.00. The van der Waals surface area contributed by atoms with E-state index in [2.05, 4.69) is 9.88 Å². The highest BCUT2D eigenvalue weighted by molar-refractivity contribution is 5.88. The van der Waals surface area contributed by atoms with Crippen molar-refractivity contribution < 1.29 is 9.90 Å². The Morgan fingerprint density at radius 1 is 1.19 bits per heavy atom. The highest BCUT2D eigenvalue weighted by Crippen LogP contribution is 2.24. The van der Waals surface area contributed by atoms with E-state index in [0.717, 1.165) is 31.0 Å². The third-order valence-electron chi connectivity index (χ3n) is 3.32. The molecule has 0 aliphatic rings. The van der Waals surface area contributed by atoms with Crippen molar-refractivity contribution in [3.05, 3.63) is 23.4 Å². The van der Waals surface area contributed by atoms with Gasteiger partial charge in [-0.15, -0.1) is 0 Å². The predicted octanol–water partition coefficient (Wildman–Crippen LogP) is 2.47. The lowest BCUT2D eigenvalue weighted by atomic mass is 9.90. The Morgan fingerprint density at radius 3 is 2.29 bits per heavy atom. The fourth-order valence-electron chi connectivity index (χ4n) is 1.96. The van der Waals surface area contributed by atoms with E-state index in [0.29, 0.717) is 5.56 Å². The standard InChI is InChI=1S/C16H27N3O2/c1-16(2,3)13-10-12(15(20)21)11-14(17-13)19(6)9-7-8-18(4)5/h10-11H,7-9H2,1-6H3,(H,20,21). The second kappa shape index (κ2) is 6.89. The molecule has 0 fully saturated rings. The smallest absolute Gasteiger partial charge is 0.335 e. The molecule has 0 atom stereocenters. The monoisotopic (exact) mass is 293 g/mol. The van der Waals surface area contributed by atoms with Gasteiger partial charge < -0.3 is 14.9 Å². The Hall–Kier alpha value is -1.62. The summed E-state index contributed by atoms with van der Waals surface area (Å²) in [5.41, 5.74) is 0.922. The number of aromatic nitrogens is 1. The first-order valence-electron chi connectivity index (χ1n) is 7.23. The van der Waals surface area contributed by atoms with E-state index >= 15 is 0 Å². The zero-order valence-corrected chi connectivity index (χ0v) is 14.0. The van der Waals surface area contributed by atoms with E-state index in [4.69, 9.17) is 0 Å². The zero-order chi connectivity index (χ0) is 16.2. The van der Waals surface area contributed by atoms with E-state index in [1.807, 2.05) is 46.8 Å². The van der Waals surface area contributed by atoms with Gasteiger partial charge >= 0.3 is 5.97 Å². The summed E-state index contributed by atoms with van der Waals surface area (Å²) in [4.78, 5) is 20.1. The largest absolute Gasteiger partial charge is 0.478 e. The highest BCUT2D eigenvalue weighted by Gasteiger charge is 2.20. The average Bonchev–Trinajstić information content (AvgIpc) is 2.36. The molecule has 1 aromatic rings. The average molecular weight is 293 g/mol. The second-order valence-corrected chi connectivity index (χ2v) is 6.73. The minimum atomic E-state index is -0.911. The summed E-state index contributed by atoms with van der Waals surface area (Å²) in [5, 5.41) is 9.28. The maximum Gasteiger partial charge on any atom is 0.335 e. The van der Waals surface area contributed by atoms with Gasteiger partial charge in [0.2, 0.25) is 0 Å². The molecule has 0 saturated heterocycles. The first-order valence-corrected chi connectivity index (χ1v) is 7.23. The third kappa shape index (κ3) is 5.34. The van der Waals surface area contributed by atoms with Crippen LogP contribution in [0.4, 0.5) is 5.82 Å². The van der Waals surface area contributed by atoms with Crippen molar-refractivity contribution in [2.24, 2.45) is 0 Å². The maximum atomic E-state index is 11.3. The lowest BCUT2D eigenvalue weighted by Crippen LogP contribution is -2.25. The first kappa shape index (κ1) is 17.4. The van der Waals surface area contributed by atoms with Crippen molar-refractivity contribution in [1.82, 2.24) is 9.88 Å².